The largest absolute Gasteiger partial charge is 0.493 e. The van der Waals surface area contributed by atoms with Crippen molar-refractivity contribution in [3.05, 3.63) is 113 Å². The van der Waals surface area contributed by atoms with Crippen molar-refractivity contribution in [2.24, 2.45) is 0 Å². The van der Waals surface area contributed by atoms with Gasteiger partial charge < -0.3 is 29.4 Å². The van der Waals surface area contributed by atoms with E-state index in [2.05, 4.69) is 29.6 Å². The second-order valence-electron chi connectivity index (χ2n) is 9.27. The number of carbonyl (C=O) groups is 2. The fourth-order valence-electron chi connectivity index (χ4n) is 5.05. The minimum atomic E-state index is -1.07. The maximum Gasteiger partial charge on any atom is 0.407 e. The summed E-state index contributed by atoms with van der Waals surface area (Å²) in [6.45, 7) is -0.267. The molecule has 0 spiro atoms. The van der Waals surface area contributed by atoms with Crippen molar-refractivity contribution in [3.8, 4) is 28.4 Å². The number of hydrogen-bond donors (Lipinski definition) is 2. The maximum absolute atomic E-state index is 13.2. The summed E-state index contributed by atoms with van der Waals surface area (Å²) in [7, 11) is 3.10. The van der Waals surface area contributed by atoms with Crippen LogP contribution in [-0.2, 0) is 9.53 Å². The summed E-state index contributed by atoms with van der Waals surface area (Å²) in [5.41, 5.74) is 6.05. The number of amides is 1. The summed E-state index contributed by atoms with van der Waals surface area (Å²) in [6, 6.07) is 28.0. The molecule has 0 bridgehead atoms. The van der Waals surface area contributed by atoms with Crippen LogP contribution >= 0.6 is 0 Å². The number of carboxylic acid groups (broad SMARTS) is 1. The van der Waals surface area contributed by atoms with Gasteiger partial charge in [0.15, 0.2) is 18.1 Å². The lowest BCUT2D eigenvalue weighted by atomic mass is 9.98. The van der Waals surface area contributed by atoms with Crippen molar-refractivity contribution in [3.63, 3.8) is 0 Å². The Labute approximate surface area is 232 Å². The fourth-order valence-corrected chi connectivity index (χ4v) is 5.05. The zero-order chi connectivity index (χ0) is 28.1. The Morgan fingerprint density at radius 2 is 1.40 bits per heavy atom. The van der Waals surface area contributed by atoms with Crippen LogP contribution in [0.25, 0.3) is 11.1 Å². The average Bonchev–Trinajstić information content (AvgIpc) is 3.31. The van der Waals surface area contributed by atoms with E-state index in [-0.39, 0.29) is 12.5 Å². The molecule has 0 aliphatic heterocycles. The quantitative estimate of drug-likeness (QED) is 0.263. The third-order valence-corrected chi connectivity index (χ3v) is 6.92. The van der Waals surface area contributed by atoms with Crippen molar-refractivity contribution < 1.29 is 33.6 Å². The molecule has 8 heteroatoms. The van der Waals surface area contributed by atoms with Gasteiger partial charge >= 0.3 is 12.1 Å². The Morgan fingerprint density at radius 1 is 0.800 bits per heavy atom. The Bertz CT molecular complexity index is 1470. The second kappa shape index (κ2) is 11.8. The van der Waals surface area contributed by atoms with Crippen molar-refractivity contribution in [1.82, 2.24) is 5.32 Å². The number of carbonyl (C=O) groups excluding carboxylic acids is 1. The lowest BCUT2D eigenvalue weighted by Gasteiger charge is -2.22. The molecule has 40 heavy (non-hydrogen) atoms. The monoisotopic (exact) mass is 539 g/mol. The van der Waals surface area contributed by atoms with Crippen molar-refractivity contribution in [2.45, 2.75) is 12.0 Å². The number of fused-ring (bicyclic) bond motifs is 3. The van der Waals surface area contributed by atoms with Gasteiger partial charge in [-0.2, -0.15) is 0 Å². The maximum atomic E-state index is 13.2. The predicted octanol–water partition coefficient (Wildman–Crippen LogP) is 5.80. The van der Waals surface area contributed by atoms with Gasteiger partial charge in [0.05, 0.1) is 20.3 Å². The molecule has 4 aromatic carbocycles. The van der Waals surface area contributed by atoms with Gasteiger partial charge in [-0.15, -0.1) is 0 Å². The first-order valence-electron chi connectivity index (χ1n) is 12.8. The number of nitrogens with one attached hydrogen (secondary N) is 1. The van der Waals surface area contributed by atoms with Crippen LogP contribution in [0.3, 0.4) is 0 Å². The van der Waals surface area contributed by atoms with Crippen LogP contribution in [0, 0.1) is 0 Å². The van der Waals surface area contributed by atoms with E-state index in [1.807, 2.05) is 30.3 Å². The molecule has 1 amide bonds. The minimum absolute atomic E-state index is 0.0663. The molecule has 5 rings (SSSR count). The molecule has 0 saturated heterocycles. The third-order valence-electron chi connectivity index (χ3n) is 6.92. The molecule has 0 radical (unpaired) electrons. The molecule has 1 aliphatic rings. The number of carboxylic acids is 1. The van der Waals surface area contributed by atoms with E-state index < -0.39 is 24.7 Å². The number of alkyl carbamates (subject to hydrolysis) is 1. The third kappa shape index (κ3) is 5.56. The van der Waals surface area contributed by atoms with Crippen LogP contribution in [0.2, 0.25) is 0 Å². The zero-order valence-corrected chi connectivity index (χ0v) is 22.1. The number of methoxy groups -OCH3 is 2. The van der Waals surface area contributed by atoms with Gasteiger partial charge in [-0.3, -0.25) is 0 Å². The van der Waals surface area contributed by atoms with E-state index in [1.54, 1.807) is 50.6 Å². The summed E-state index contributed by atoms with van der Waals surface area (Å²) in [6.07, 6.45) is -0.576. The standard InChI is InChI=1S/C32H29NO7/c1-37-28-16-13-21(17-29(28)38-2)31(20-11-14-22(15-12-20)39-19-30(34)35)33-32(36)40-18-27-25-9-5-3-7-23(25)24-8-4-6-10-26(24)27/h3-17,27,31H,18-19H2,1-2H3,(H,33,36)(H,34,35). The van der Waals surface area contributed by atoms with Crippen LogP contribution in [-0.4, -0.2) is 44.6 Å². The Balaban J connectivity index is 1.37. The van der Waals surface area contributed by atoms with Crippen LogP contribution < -0.4 is 19.5 Å². The van der Waals surface area contributed by atoms with Crippen LogP contribution in [0.4, 0.5) is 4.79 Å². The summed E-state index contributed by atoms with van der Waals surface area (Å²) in [4.78, 5) is 24.1. The van der Waals surface area contributed by atoms with Gasteiger partial charge in [-0.05, 0) is 57.6 Å². The molecule has 0 saturated carbocycles. The Kier molecular flexibility index (Phi) is 7.87. The van der Waals surface area contributed by atoms with E-state index >= 15 is 0 Å². The van der Waals surface area contributed by atoms with Crippen molar-refractivity contribution in [2.75, 3.05) is 27.4 Å². The Morgan fingerprint density at radius 3 is 2.00 bits per heavy atom. The van der Waals surface area contributed by atoms with E-state index in [9.17, 15) is 9.59 Å². The van der Waals surface area contributed by atoms with Crippen molar-refractivity contribution >= 4 is 12.1 Å². The first-order chi connectivity index (χ1) is 19.5. The summed E-state index contributed by atoms with van der Waals surface area (Å²) < 4.78 is 21.9. The molecule has 8 nitrogen and oxygen atoms in total. The van der Waals surface area contributed by atoms with E-state index in [1.165, 1.54) is 0 Å². The van der Waals surface area contributed by atoms with Crippen molar-refractivity contribution in [1.29, 1.82) is 0 Å². The second-order valence-corrected chi connectivity index (χ2v) is 9.27. The highest BCUT2D eigenvalue weighted by Gasteiger charge is 2.29. The molecule has 1 aliphatic carbocycles. The minimum Gasteiger partial charge on any atom is -0.493 e. The molecule has 0 fully saturated rings. The number of ether oxygens (including phenoxy) is 4. The van der Waals surface area contributed by atoms with Gasteiger partial charge in [-0.25, -0.2) is 9.59 Å². The molecular weight excluding hydrogens is 510 g/mol. The molecule has 1 atom stereocenters. The highest BCUT2D eigenvalue weighted by atomic mass is 16.5. The van der Waals surface area contributed by atoms with E-state index in [0.717, 1.165) is 33.4 Å². The van der Waals surface area contributed by atoms with Crippen LogP contribution in [0.1, 0.15) is 34.2 Å². The highest BCUT2D eigenvalue weighted by molar-refractivity contribution is 5.79. The van der Waals surface area contributed by atoms with Crippen LogP contribution in [0.15, 0.2) is 91.0 Å². The normalized spacial score (nSPS) is 12.6. The highest BCUT2D eigenvalue weighted by Crippen LogP contribution is 2.44. The van der Waals surface area contributed by atoms with E-state index in [0.29, 0.717) is 17.2 Å². The van der Waals surface area contributed by atoms with E-state index in [4.69, 9.17) is 24.1 Å². The summed E-state index contributed by atoms with van der Waals surface area (Å²) >= 11 is 0. The number of rotatable bonds is 10. The molecule has 1 unspecified atom stereocenters. The first-order valence-corrected chi connectivity index (χ1v) is 12.8. The van der Waals surface area contributed by atoms with Gasteiger partial charge in [0, 0.05) is 5.92 Å². The molecule has 4 aromatic rings. The van der Waals surface area contributed by atoms with Crippen LogP contribution in [0.5, 0.6) is 17.2 Å². The zero-order valence-electron chi connectivity index (χ0n) is 22.1. The molecule has 204 valence electrons. The SMILES string of the molecule is COc1ccc(C(NC(=O)OCC2c3ccccc3-c3ccccc32)c2ccc(OCC(=O)O)cc2)cc1OC. The topological polar surface area (TPSA) is 103 Å². The average molecular weight is 540 g/mol. The number of hydrogen-bond acceptors (Lipinski definition) is 6. The van der Waals surface area contributed by atoms with Gasteiger partial charge in [0.1, 0.15) is 12.4 Å². The summed E-state index contributed by atoms with van der Waals surface area (Å²) in [5.74, 6) is 0.343. The van der Waals surface area contributed by atoms with Gasteiger partial charge in [0.2, 0.25) is 0 Å². The Hall–Kier alpha value is -4.98. The molecule has 0 aromatic heterocycles. The van der Waals surface area contributed by atoms with Gasteiger partial charge in [-0.1, -0.05) is 66.7 Å². The first kappa shape index (κ1) is 26.6. The van der Waals surface area contributed by atoms with Gasteiger partial charge in [0.25, 0.3) is 0 Å². The summed E-state index contributed by atoms with van der Waals surface area (Å²) in [5, 5.41) is 11.9. The molecule has 2 N–H and O–H groups in total. The number of aliphatic carboxylic acids is 1. The number of benzene rings is 4. The lowest BCUT2D eigenvalue weighted by molar-refractivity contribution is -0.139. The molecule has 0 heterocycles. The fraction of sp³-hybridized carbons (Fsp3) is 0.188. The molecular formula is C32H29NO7. The predicted molar refractivity (Wildman–Crippen MR) is 149 cm³/mol. The lowest BCUT2D eigenvalue weighted by Crippen LogP contribution is -2.31. The smallest absolute Gasteiger partial charge is 0.407 e.